The zero-order chi connectivity index (χ0) is 13.0. The third kappa shape index (κ3) is 2.54. The molecule has 0 amide bonds. The summed E-state index contributed by atoms with van der Waals surface area (Å²) in [6.07, 6.45) is 3.94. The first kappa shape index (κ1) is 12.3. The van der Waals surface area contributed by atoms with Crippen molar-refractivity contribution < 1.29 is 4.39 Å². The van der Waals surface area contributed by atoms with Crippen LogP contribution in [0.25, 0.3) is 0 Å². The van der Waals surface area contributed by atoms with Crippen LogP contribution in [0.1, 0.15) is 18.1 Å². The van der Waals surface area contributed by atoms with Gasteiger partial charge in [-0.15, -0.1) is 0 Å². The van der Waals surface area contributed by atoms with Crippen LogP contribution in [0.15, 0.2) is 48.8 Å². The Bertz CT molecular complexity index is 575. The molecule has 1 aromatic carbocycles. The third-order valence-electron chi connectivity index (χ3n) is 2.99. The first-order valence-electron chi connectivity index (χ1n) is 5.70. The SMILES string of the molecule is CC(C#N)(Cc1cccnc1)c1cccc(F)c1. The number of hydrogen-bond donors (Lipinski definition) is 0. The van der Waals surface area contributed by atoms with Crippen LogP contribution in [0.4, 0.5) is 4.39 Å². The molecule has 0 radical (unpaired) electrons. The van der Waals surface area contributed by atoms with Crippen molar-refractivity contribution in [1.82, 2.24) is 4.98 Å². The van der Waals surface area contributed by atoms with E-state index < -0.39 is 5.41 Å². The second-order valence-corrected chi connectivity index (χ2v) is 4.49. The predicted molar refractivity (Wildman–Crippen MR) is 67.3 cm³/mol. The number of nitriles is 1. The first-order valence-corrected chi connectivity index (χ1v) is 5.70. The highest BCUT2D eigenvalue weighted by Gasteiger charge is 2.27. The van der Waals surface area contributed by atoms with Crippen LogP contribution in [0.2, 0.25) is 0 Å². The van der Waals surface area contributed by atoms with Crippen molar-refractivity contribution >= 4 is 0 Å². The van der Waals surface area contributed by atoms with E-state index in [-0.39, 0.29) is 5.82 Å². The summed E-state index contributed by atoms with van der Waals surface area (Å²) in [6.45, 7) is 1.81. The maximum absolute atomic E-state index is 13.3. The number of pyridine rings is 1. The minimum atomic E-state index is -0.745. The molecule has 1 unspecified atom stereocenters. The lowest BCUT2D eigenvalue weighted by Gasteiger charge is -2.22. The van der Waals surface area contributed by atoms with Crippen molar-refractivity contribution in [3.05, 3.63) is 65.7 Å². The van der Waals surface area contributed by atoms with E-state index in [9.17, 15) is 9.65 Å². The number of rotatable bonds is 3. The van der Waals surface area contributed by atoms with Gasteiger partial charge in [0.25, 0.3) is 0 Å². The quantitative estimate of drug-likeness (QED) is 0.825. The molecular formula is C15H13FN2. The fraction of sp³-hybridized carbons (Fsp3) is 0.200. The first-order chi connectivity index (χ1) is 8.64. The van der Waals surface area contributed by atoms with Crippen LogP contribution < -0.4 is 0 Å². The van der Waals surface area contributed by atoms with Crippen molar-refractivity contribution in [3.63, 3.8) is 0 Å². The fourth-order valence-electron chi connectivity index (χ4n) is 1.95. The van der Waals surface area contributed by atoms with Gasteiger partial charge in [0.05, 0.1) is 11.5 Å². The second kappa shape index (κ2) is 4.97. The Labute approximate surface area is 106 Å². The van der Waals surface area contributed by atoms with Crippen molar-refractivity contribution in [1.29, 1.82) is 5.26 Å². The van der Waals surface area contributed by atoms with Gasteiger partial charge in [0.2, 0.25) is 0 Å². The highest BCUT2D eigenvalue weighted by atomic mass is 19.1. The Hall–Kier alpha value is -2.21. The van der Waals surface area contributed by atoms with Crippen LogP contribution in [0.3, 0.4) is 0 Å². The van der Waals surface area contributed by atoms with Crippen molar-refractivity contribution in [2.75, 3.05) is 0 Å². The molecule has 18 heavy (non-hydrogen) atoms. The summed E-state index contributed by atoms with van der Waals surface area (Å²) >= 11 is 0. The smallest absolute Gasteiger partial charge is 0.123 e. The number of hydrogen-bond acceptors (Lipinski definition) is 2. The molecule has 3 heteroatoms. The lowest BCUT2D eigenvalue weighted by molar-refractivity contribution is 0.584. The van der Waals surface area contributed by atoms with Crippen LogP contribution in [0.5, 0.6) is 0 Å². The van der Waals surface area contributed by atoms with Crippen molar-refractivity contribution in [2.24, 2.45) is 0 Å². The van der Waals surface area contributed by atoms with E-state index in [4.69, 9.17) is 0 Å². The van der Waals surface area contributed by atoms with Gasteiger partial charge in [0.15, 0.2) is 0 Å². The molecule has 0 bridgehead atoms. The Morgan fingerprint density at radius 3 is 2.78 bits per heavy atom. The minimum Gasteiger partial charge on any atom is -0.264 e. The molecule has 0 aliphatic rings. The van der Waals surface area contributed by atoms with E-state index in [1.165, 1.54) is 12.1 Å². The van der Waals surface area contributed by atoms with Gasteiger partial charge in [-0.05, 0) is 42.7 Å². The zero-order valence-corrected chi connectivity index (χ0v) is 10.1. The summed E-state index contributed by atoms with van der Waals surface area (Å²) in [5.74, 6) is -0.319. The molecule has 0 aliphatic carbocycles. The number of aromatic nitrogens is 1. The number of nitrogens with zero attached hydrogens (tertiary/aromatic N) is 2. The minimum absolute atomic E-state index is 0.319. The fourth-order valence-corrected chi connectivity index (χ4v) is 1.95. The maximum atomic E-state index is 13.3. The molecule has 2 nitrogen and oxygen atoms in total. The van der Waals surface area contributed by atoms with E-state index in [1.54, 1.807) is 24.5 Å². The lowest BCUT2D eigenvalue weighted by atomic mass is 9.79. The van der Waals surface area contributed by atoms with Gasteiger partial charge in [0.1, 0.15) is 5.82 Å². The van der Waals surface area contributed by atoms with Gasteiger partial charge >= 0.3 is 0 Å². The number of halogens is 1. The van der Waals surface area contributed by atoms with Crippen molar-refractivity contribution in [2.45, 2.75) is 18.8 Å². The Morgan fingerprint density at radius 2 is 2.17 bits per heavy atom. The molecule has 0 fully saturated rings. The Balaban J connectivity index is 2.35. The van der Waals surface area contributed by atoms with Gasteiger partial charge in [-0.2, -0.15) is 5.26 Å². The van der Waals surface area contributed by atoms with Gasteiger partial charge in [-0.25, -0.2) is 4.39 Å². The van der Waals surface area contributed by atoms with Gasteiger partial charge in [0, 0.05) is 12.4 Å². The summed E-state index contributed by atoms with van der Waals surface area (Å²) in [4.78, 5) is 4.03. The van der Waals surface area contributed by atoms with Crippen LogP contribution in [0, 0.1) is 17.1 Å². The number of benzene rings is 1. The molecule has 1 aromatic heterocycles. The maximum Gasteiger partial charge on any atom is 0.123 e. The summed E-state index contributed by atoms with van der Waals surface area (Å²) in [7, 11) is 0. The highest BCUT2D eigenvalue weighted by molar-refractivity contribution is 5.34. The molecule has 2 aromatic rings. The third-order valence-corrected chi connectivity index (χ3v) is 2.99. The molecule has 0 N–H and O–H groups in total. The second-order valence-electron chi connectivity index (χ2n) is 4.49. The topological polar surface area (TPSA) is 36.7 Å². The molecule has 1 atom stereocenters. The lowest BCUT2D eigenvalue weighted by Crippen LogP contribution is -2.23. The monoisotopic (exact) mass is 240 g/mol. The van der Waals surface area contributed by atoms with Crippen LogP contribution in [-0.2, 0) is 11.8 Å². The predicted octanol–water partition coefficient (Wildman–Crippen LogP) is 3.24. The van der Waals surface area contributed by atoms with Gasteiger partial charge < -0.3 is 0 Å². The highest BCUT2D eigenvalue weighted by Crippen LogP contribution is 2.27. The summed E-state index contributed by atoms with van der Waals surface area (Å²) in [5.41, 5.74) is 0.908. The molecular weight excluding hydrogens is 227 g/mol. The average Bonchev–Trinajstić information content (AvgIpc) is 2.40. The van der Waals surface area contributed by atoms with Crippen LogP contribution >= 0.6 is 0 Å². The molecule has 1 heterocycles. The molecule has 2 rings (SSSR count). The average molecular weight is 240 g/mol. The van der Waals surface area contributed by atoms with E-state index >= 15 is 0 Å². The summed E-state index contributed by atoms with van der Waals surface area (Å²) in [5, 5.41) is 9.40. The molecule has 0 aliphatic heterocycles. The van der Waals surface area contributed by atoms with E-state index in [1.807, 2.05) is 19.1 Å². The van der Waals surface area contributed by atoms with E-state index in [2.05, 4.69) is 11.1 Å². The largest absolute Gasteiger partial charge is 0.264 e. The van der Waals surface area contributed by atoms with E-state index in [0.717, 1.165) is 5.56 Å². The molecule has 0 saturated carbocycles. The zero-order valence-electron chi connectivity index (χ0n) is 10.1. The summed E-state index contributed by atoms with van der Waals surface area (Å²) < 4.78 is 13.3. The molecule has 0 saturated heterocycles. The normalized spacial score (nSPS) is 13.6. The van der Waals surface area contributed by atoms with Crippen molar-refractivity contribution in [3.8, 4) is 6.07 Å². The van der Waals surface area contributed by atoms with Gasteiger partial charge in [-0.3, -0.25) is 4.98 Å². The Morgan fingerprint density at radius 1 is 1.33 bits per heavy atom. The summed E-state index contributed by atoms with van der Waals surface area (Å²) in [6, 6.07) is 12.2. The van der Waals surface area contributed by atoms with Gasteiger partial charge in [-0.1, -0.05) is 18.2 Å². The molecule has 90 valence electrons. The van der Waals surface area contributed by atoms with Crippen LogP contribution in [-0.4, -0.2) is 4.98 Å². The molecule has 0 spiro atoms. The Kier molecular flexibility index (Phi) is 3.38. The standard InChI is InChI=1S/C15H13FN2/c1-15(11-17,9-12-4-3-7-18-10-12)13-5-2-6-14(16)8-13/h2-8,10H,9H2,1H3. The van der Waals surface area contributed by atoms with E-state index in [0.29, 0.717) is 12.0 Å².